The molecule has 0 aromatic carbocycles. The number of ether oxygens (including phenoxy) is 3. The highest BCUT2D eigenvalue weighted by Crippen LogP contribution is 2.42. The number of alkyl halides is 3. The molecule has 0 spiro atoms. The lowest BCUT2D eigenvalue weighted by atomic mass is 10.1. The van der Waals surface area contributed by atoms with Gasteiger partial charge in [-0.3, -0.25) is 14.5 Å². The average Bonchev–Trinajstić information content (AvgIpc) is 3.59. The molecule has 2 aliphatic heterocycles. The first-order valence-electron chi connectivity index (χ1n) is 13.6. The zero-order valence-corrected chi connectivity index (χ0v) is 25.5. The van der Waals surface area contributed by atoms with Crippen LogP contribution in [0.5, 0.6) is 0 Å². The number of carbonyl (C=O) groups excluding carboxylic acids is 1. The quantitative estimate of drug-likeness (QED) is 0.196. The summed E-state index contributed by atoms with van der Waals surface area (Å²) in [5.41, 5.74) is -1.46. The van der Waals surface area contributed by atoms with Gasteiger partial charge in [-0.1, -0.05) is 0 Å². The molecule has 5 rings (SSSR count). The number of rotatable bonds is 6. The Morgan fingerprint density at radius 3 is 2.35 bits per heavy atom. The maximum absolute atomic E-state index is 14.4. The summed E-state index contributed by atoms with van der Waals surface area (Å²) in [6.45, 7) is 3.78. The van der Waals surface area contributed by atoms with Gasteiger partial charge in [0.1, 0.15) is 29.7 Å². The van der Waals surface area contributed by atoms with Crippen molar-refractivity contribution in [2.75, 3.05) is 30.9 Å². The van der Waals surface area contributed by atoms with E-state index in [1.807, 2.05) is 0 Å². The standard InChI is InChI=1S/C15H19ClFN5O5.C10H13F2N3O4/c1-15(2,3)27-14(25)20-10-8-11(21-13(16)19-10)22(5-18-8)12-7(17)9(24)6(4-23)26-12;1-13-6-2-3-15(9(18)14-6)8-10(11,12)7(17)5(4-16)19-8/h5-7,9,12,23-24H,4H2,1-3H3,(H,19,20,21,25);2-3,5,7-8,16-17H,4H2,1H3,(H,13,14,18)/t6-,7?,9+,12-;5-,7+,8-/m11/s1. The third kappa shape index (κ3) is 7.17. The summed E-state index contributed by atoms with van der Waals surface area (Å²) in [5.74, 6) is -3.49. The van der Waals surface area contributed by atoms with Crippen molar-refractivity contribution in [1.82, 2.24) is 29.1 Å². The number of nitrogens with zero attached hydrogens (tertiary/aromatic N) is 6. The molecule has 6 N–H and O–H groups in total. The molecule has 21 heteroatoms. The van der Waals surface area contributed by atoms with E-state index >= 15 is 0 Å². The molecule has 0 aliphatic carbocycles. The Labute approximate surface area is 262 Å². The van der Waals surface area contributed by atoms with Gasteiger partial charge in [0.2, 0.25) is 11.5 Å². The number of amides is 1. The van der Waals surface area contributed by atoms with Crippen LogP contribution in [-0.2, 0) is 14.2 Å². The Bertz CT molecular complexity index is 1610. The second-order valence-corrected chi connectivity index (χ2v) is 11.4. The van der Waals surface area contributed by atoms with Crippen LogP contribution in [-0.4, -0.2) is 118 Å². The van der Waals surface area contributed by atoms with Crippen molar-refractivity contribution in [3.05, 3.63) is 34.4 Å². The first-order valence-corrected chi connectivity index (χ1v) is 14.0. The molecule has 2 fully saturated rings. The van der Waals surface area contributed by atoms with Crippen LogP contribution in [0.1, 0.15) is 33.2 Å². The van der Waals surface area contributed by atoms with Crippen LogP contribution in [0.25, 0.3) is 11.2 Å². The van der Waals surface area contributed by atoms with Crippen molar-refractivity contribution in [2.24, 2.45) is 0 Å². The highest BCUT2D eigenvalue weighted by Gasteiger charge is 2.59. The lowest BCUT2D eigenvalue weighted by Gasteiger charge is -2.21. The molecule has 17 nitrogen and oxygen atoms in total. The summed E-state index contributed by atoms with van der Waals surface area (Å²) < 4.78 is 59.1. The van der Waals surface area contributed by atoms with Gasteiger partial charge in [-0.15, -0.1) is 0 Å². The van der Waals surface area contributed by atoms with Crippen molar-refractivity contribution in [2.45, 2.75) is 75.3 Å². The van der Waals surface area contributed by atoms with Crippen molar-refractivity contribution in [3.63, 3.8) is 0 Å². The lowest BCUT2D eigenvalue weighted by Crippen LogP contribution is -2.41. The van der Waals surface area contributed by atoms with Gasteiger partial charge in [-0.25, -0.2) is 19.0 Å². The van der Waals surface area contributed by atoms with Crippen molar-refractivity contribution in [3.8, 4) is 0 Å². The summed E-state index contributed by atoms with van der Waals surface area (Å²) in [6.07, 6.45) is -9.78. The van der Waals surface area contributed by atoms with E-state index in [0.29, 0.717) is 4.57 Å². The molecule has 5 heterocycles. The number of fused-ring (bicyclic) bond motifs is 1. The molecule has 46 heavy (non-hydrogen) atoms. The number of carbonyl (C=O) groups is 1. The molecule has 1 amide bonds. The molecule has 0 radical (unpaired) electrons. The number of aliphatic hydroxyl groups excluding tert-OH is 4. The maximum atomic E-state index is 14.4. The molecule has 2 aliphatic rings. The van der Waals surface area contributed by atoms with Crippen LogP contribution in [0.3, 0.4) is 0 Å². The number of halogens is 4. The van der Waals surface area contributed by atoms with E-state index in [4.69, 9.17) is 30.9 Å². The summed E-state index contributed by atoms with van der Waals surface area (Å²) >= 11 is 5.92. The zero-order valence-electron chi connectivity index (χ0n) is 24.7. The minimum atomic E-state index is -3.69. The fourth-order valence-corrected chi connectivity index (χ4v) is 4.66. The average molecular weight is 681 g/mol. The van der Waals surface area contributed by atoms with Gasteiger partial charge in [0.05, 0.1) is 19.5 Å². The first-order chi connectivity index (χ1) is 21.5. The summed E-state index contributed by atoms with van der Waals surface area (Å²) in [6, 6.07) is 1.32. The van der Waals surface area contributed by atoms with Crippen molar-refractivity contribution < 1.29 is 52.6 Å². The number of aliphatic hydroxyl groups is 4. The largest absolute Gasteiger partial charge is 0.444 e. The number of anilines is 2. The van der Waals surface area contributed by atoms with Gasteiger partial charge in [-0.2, -0.15) is 23.7 Å². The fourth-order valence-electron chi connectivity index (χ4n) is 4.49. The minimum absolute atomic E-state index is 0.0225. The summed E-state index contributed by atoms with van der Waals surface area (Å²) in [7, 11) is 1.53. The molecule has 3 aromatic heterocycles. The van der Waals surface area contributed by atoms with Gasteiger partial charge in [0.15, 0.2) is 35.5 Å². The predicted octanol–water partition coefficient (Wildman–Crippen LogP) is 0.586. The van der Waals surface area contributed by atoms with Crippen LogP contribution < -0.4 is 16.3 Å². The third-order valence-electron chi connectivity index (χ3n) is 6.66. The molecule has 3 aromatic rings. The smallest absolute Gasteiger partial charge is 0.413 e. The Hall–Kier alpha value is -3.66. The molecule has 0 saturated carbocycles. The van der Waals surface area contributed by atoms with E-state index in [0.717, 1.165) is 6.20 Å². The highest BCUT2D eigenvalue weighted by atomic mass is 35.5. The van der Waals surface area contributed by atoms with Gasteiger partial charge < -0.3 is 40.0 Å². The normalized spacial score (nSPS) is 27.3. The van der Waals surface area contributed by atoms with Crippen LogP contribution in [0.4, 0.5) is 29.6 Å². The first kappa shape index (κ1) is 35.2. The van der Waals surface area contributed by atoms with Crippen molar-refractivity contribution in [1.29, 1.82) is 0 Å². The molecular weight excluding hydrogens is 649 g/mol. The predicted molar refractivity (Wildman–Crippen MR) is 152 cm³/mol. The van der Waals surface area contributed by atoms with E-state index in [1.54, 1.807) is 20.8 Å². The van der Waals surface area contributed by atoms with Gasteiger partial charge in [0, 0.05) is 13.2 Å². The Morgan fingerprint density at radius 1 is 1.13 bits per heavy atom. The molecular formula is C25H32ClF3N8O9. The molecule has 1 unspecified atom stereocenters. The van der Waals surface area contributed by atoms with Crippen molar-refractivity contribution >= 4 is 40.5 Å². The number of aromatic nitrogens is 6. The number of imidazole rings is 1. The summed E-state index contributed by atoms with van der Waals surface area (Å²) in [5, 5.41) is 42.0. The number of hydrogen-bond acceptors (Lipinski definition) is 14. The Kier molecular flexibility index (Phi) is 10.4. The van der Waals surface area contributed by atoms with E-state index < -0.39 is 79.6 Å². The third-order valence-corrected chi connectivity index (χ3v) is 6.83. The second kappa shape index (κ2) is 13.6. The summed E-state index contributed by atoms with van der Waals surface area (Å²) in [4.78, 5) is 39.2. The number of hydrogen-bond donors (Lipinski definition) is 6. The van der Waals surface area contributed by atoms with Crippen LogP contribution >= 0.6 is 11.6 Å². The zero-order chi connectivity index (χ0) is 34.1. The van der Waals surface area contributed by atoms with E-state index in [2.05, 4.69) is 30.6 Å². The Balaban J connectivity index is 0.000000222. The van der Waals surface area contributed by atoms with E-state index in [1.165, 1.54) is 24.0 Å². The monoisotopic (exact) mass is 680 g/mol. The minimum Gasteiger partial charge on any atom is -0.444 e. The highest BCUT2D eigenvalue weighted by molar-refractivity contribution is 6.28. The molecule has 2 saturated heterocycles. The topological polar surface area (TPSA) is 228 Å². The lowest BCUT2D eigenvalue weighted by molar-refractivity contribution is -0.140. The fraction of sp³-hybridized carbons (Fsp3) is 0.600. The maximum Gasteiger partial charge on any atom is 0.413 e. The van der Waals surface area contributed by atoms with Crippen LogP contribution in [0, 0.1) is 0 Å². The SMILES string of the molecule is CC(C)(C)OC(=O)Nc1nc(Cl)nc2c1ncn2[C@@H]1O[C@H](CO)[C@H](O)C1F.CNc1ccn([C@@H]2O[C@H](CO)[C@H](O)C2(F)F)c(=O)n1. The van der Waals surface area contributed by atoms with Gasteiger partial charge >= 0.3 is 17.7 Å². The second-order valence-electron chi connectivity index (χ2n) is 11.1. The molecule has 254 valence electrons. The molecule has 7 atom stereocenters. The van der Waals surface area contributed by atoms with Crippen LogP contribution in [0.15, 0.2) is 23.4 Å². The Morgan fingerprint density at radius 2 is 1.80 bits per heavy atom. The number of nitrogens with one attached hydrogen (secondary N) is 2. The molecule has 0 bridgehead atoms. The van der Waals surface area contributed by atoms with Crippen LogP contribution in [0.2, 0.25) is 5.28 Å². The van der Waals surface area contributed by atoms with E-state index in [9.17, 15) is 38.1 Å². The van der Waals surface area contributed by atoms with Gasteiger partial charge in [0.25, 0.3) is 0 Å². The van der Waals surface area contributed by atoms with E-state index in [-0.39, 0.29) is 28.1 Å². The van der Waals surface area contributed by atoms with Gasteiger partial charge in [-0.05, 0) is 38.4 Å².